The van der Waals surface area contributed by atoms with Crippen molar-refractivity contribution in [1.82, 2.24) is 24.9 Å². The molecule has 198 valence electrons. The van der Waals surface area contributed by atoms with Crippen molar-refractivity contribution in [3.8, 4) is 11.1 Å². The number of aromatic nitrogens is 4. The summed E-state index contributed by atoms with van der Waals surface area (Å²) in [6.07, 6.45) is -6.05. The summed E-state index contributed by atoms with van der Waals surface area (Å²) in [7, 11) is 0. The molecule has 0 saturated carbocycles. The van der Waals surface area contributed by atoms with Gasteiger partial charge in [-0.3, -0.25) is 10.1 Å². The first kappa shape index (κ1) is 26.2. The maximum Gasteiger partial charge on any atom is 0.416 e. The number of hydrogen-bond acceptors (Lipinski definition) is 6. The number of benzene rings is 1. The maximum absolute atomic E-state index is 12.9. The van der Waals surface area contributed by atoms with Crippen molar-refractivity contribution in [1.29, 1.82) is 0 Å². The Labute approximate surface area is 208 Å². The van der Waals surface area contributed by atoms with Crippen LogP contribution in [0.2, 0.25) is 0 Å². The van der Waals surface area contributed by atoms with Gasteiger partial charge in [-0.15, -0.1) is 0 Å². The van der Waals surface area contributed by atoms with Crippen LogP contribution in [0.15, 0.2) is 55.1 Å². The van der Waals surface area contributed by atoms with Crippen molar-refractivity contribution in [2.75, 3.05) is 22.9 Å². The van der Waals surface area contributed by atoms with Crippen LogP contribution in [0.25, 0.3) is 16.6 Å². The summed E-state index contributed by atoms with van der Waals surface area (Å²) in [4.78, 5) is 32.4. The number of nitrogens with zero attached hydrogens (tertiary/aromatic N) is 4. The first-order valence-corrected chi connectivity index (χ1v) is 10.5. The molecule has 3 amide bonds. The van der Waals surface area contributed by atoms with Crippen LogP contribution < -0.4 is 21.7 Å². The predicted octanol–water partition coefficient (Wildman–Crippen LogP) is 4.33. The number of fused-ring (bicyclic) bond motifs is 1. The van der Waals surface area contributed by atoms with Crippen LogP contribution in [0.5, 0.6) is 0 Å². The summed E-state index contributed by atoms with van der Waals surface area (Å²) in [5.74, 6) is -1.41. The van der Waals surface area contributed by atoms with Gasteiger partial charge >= 0.3 is 18.4 Å². The fourth-order valence-electron chi connectivity index (χ4n) is 3.45. The molecular formula is C22H16F6N8O2. The molecule has 5 N–H and O–H groups in total. The van der Waals surface area contributed by atoms with Gasteiger partial charge in [-0.25, -0.2) is 19.3 Å². The van der Waals surface area contributed by atoms with Crippen molar-refractivity contribution >= 4 is 34.8 Å². The van der Waals surface area contributed by atoms with E-state index in [-0.39, 0.29) is 34.0 Å². The average molecular weight is 538 g/mol. The molecule has 0 aliphatic rings. The van der Waals surface area contributed by atoms with Crippen LogP contribution in [-0.2, 0) is 6.18 Å². The van der Waals surface area contributed by atoms with Gasteiger partial charge in [0.05, 0.1) is 11.1 Å². The molecule has 16 heteroatoms. The first-order chi connectivity index (χ1) is 17.8. The highest BCUT2D eigenvalue weighted by Gasteiger charge is 2.31. The zero-order chi connectivity index (χ0) is 27.7. The summed E-state index contributed by atoms with van der Waals surface area (Å²) in [6, 6.07) is 6.22. The Bertz CT molecular complexity index is 1500. The van der Waals surface area contributed by atoms with Gasteiger partial charge in [0.15, 0.2) is 5.82 Å². The molecule has 0 radical (unpaired) electrons. The highest BCUT2D eigenvalue weighted by molar-refractivity contribution is 6.07. The molecule has 4 aromatic rings. The molecule has 1 aromatic carbocycles. The lowest BCUT2D eigenvalue weighted by atomic mass is 10.0. The lowest BCUT2D eigenvalue weighted by Crippen LogP contribution is -2.33. The monoisotopic (exact) mass is 538 g/mol. The number of rotatable bonds is 5. The molecule has 0 atom stereocenters. The summed E-state index contributed by atoms with van der Waals surface area (Å²) >= 11 is 0. The number of alkyl halides is 6. The van der Waals surface area contributed by atoms with Gasteiger partial charge in [0.25, 0.3) is 5.91 Å². The second kappa shape index (κ2) is 9.87. The molecule has 0 bridgehead atoms. The molecule has 0 fully saturated rings. The molecule has 0 unspecified atom stereocenters. The van der Waals surface area contributed by atoms with Crippen molar-refractivity contribution in [2.24, 2.45) is 0 Å². The standard InChI is InChI=1S/C22H16F6N8O2/c23-21(24,25)9-31-19(37)14-8-36-17(18(29)32-10-33-36)16(14)11-1-3-13(4-2-11)34-20(38)35-15-7-12(5-6-30-15)22(26,27)28/h1-8,10H,9H2,(H,31,37)(H2,29,32,33)(H2,30,34,35,38). The SMILES string of the molecule is Nc1ncnn2cc(C(=O)NCC(F)(F)F)c(-c3ccc(NC(=O)Nc4cc(C(F)(F)F)ccn4)cc3)c12. The molecule has 0 spiro atoms. The van der Waals surface area contributed by atoms with Gasteiger partial charge in [-0.05, 0) is 29.8 Å². The molecule has 0 aliphatic heterocycles. The fourth-order valence-corrected chi connectivity index (χ4v) is 3.45. The first-order valence-electron chi connectivity index (χ1n) is 10.5. The summed E-state index contributed by atoms with van der Waals surface area (Å²) in [5, 5.41) is 10.3. The fraction of sp³-hybridized carbons (Fsp3) is 0.136. The zero-order valence-corrected chi connectivity index (χ0v) is 18.9. The van der Waals surface area contributed by atoms with E-state index in [1.807, 2.05) is 0 Å². The van der Waals surface area contributed by atoms with Crippen molar-refractivity contribution in [3.63, 3.8) is 0 Å². The van der Waals surface area contributed by atoms with E-state index in [0.717, 1.165) is 18.6 Å². The molecular weight excluding hydrogens is 522 g/mol. The molecule has 38 heavy (non-hydrogen) atoms. The molecule has 10 nitrogen and oxygen atoms in total. The number of amides is 3. The second-order valence-corrected chi connectivity index (χ2v) is 7.74. The second-order valence-electron chi connectivity index (χ2n) is 7.74. The topological polar surface area (TPSA) is 139 Å². The van der Waals surface area contributed by atoms with E-state index in [1.165, 1.54) is 35.0 Å². The van der Waals surface area contributed by atoms with E-state index in [0.29, 0.717) is 11.6 Å². The minimum Gasteiger partial charge on any atom is -0.382 e. The predicted molar refractivity (Wildman–Crippen MR) is 123 cm³/mol. The number of anilines is 3. The number of hydrogen-bond donors (Lipinski definition) is 4. The van der Waals surface area contributed by atoms with Crippen molar-refractivity contribution < 1.29 is 35.9 Å². The molecule has 0 saturated heterocycles. The quantitative estimate of drug-likeness (QED) is 0.279. The third-order valence-corrected chi connectivity index (χ3v) is 5.06. The van der Waals surface area contributed by atoms with Gasteiger partial charge in [-0.2, -0.15) is 31.4 Å². The van der Waals surface area contributed by atoms with Gasteiger partial charge < -0.3 is 16.4 Å². The van der Waals surface area contributed by atoms with E-state index < -0.39 is 36.4 Å². The number of nitrogen functional groups attached to an aromatic ring is 1. The van der Waals surface area contributed by atoms with Crippen LogP contribution in [0.1, 0.15) is 15.9 Å². The minimum atomic E-state index is -4.63. The van der Waals surface area contributed by atoms with E-state index in [1.54, 1.807) is 5.32 Å². The maximum atomic E-state index is 12.9. The minimum absolute atomic E-state index is 0.0416. The number of urea groups is 1. The van der Waals surface area contributed by atoms with E-state index in [4.69, 9.17) is 5.73 Å². The average Bonchev–Trinajstić information content (AvgIpc) is 3.23. The highest BCUT2D eigenvalue weighted by atomic mass is 19.4. The number of pyridine rings is 1. The Hall–Kier alpha value is -4.89. The molecule has 3 heterocycles. The molecule has 4 rings (SSSR count). The Balaban J connectivity index is 1.57. The van der Waals surface area contributed by atoms with Crippen molar-refractivity contribution in [2.45, 2.75) is 12.4 Å². The van der Waals surface area contributed by atoms with Crippen molar-refractivity contribution in [3.05, 3.63) is 66.2 Å². The summed E-state index contributed by atoms with van der Waals surface area (Å²) < 4.78 is 77.6. The third-order valence-electron chi connectivity index (χ3n) is 5.06. The van der Waals surface area contributed by atoms with Gasteiger partial charge in [0.2, 0.25) is 0 Å². The smallest absolute Gasteiger partial charge is 0.382 e. The number of nitrogens with two attached hydrogens (primary N) is 1. The van der Waals surface area contributed by atoms with Gasteiger partial charge in [0.1, 0.15) is 24.2 Å². The lowest BCUT2D eigenvalue weighted by molar-refractivity contribution is -0.137. The number of carbonyl (C=O) groups excluding carboxylic acids is 2. The van der Waals surface area contributed by atoms with Gasteiger partial charge in [-0.1, -0.05) is 12.1 Å². The highest BCUT2D eigenvalue weighted by Crippen LogP contribution is 2.33. The van der Waals surface area contributed by atoms with E-state index >= 15 is 0 Å². The molecule has 3 aromatic heterocycles. The normalized spacial score (nSPS) is 11.8. The van der Waals surface area contributed by atoms with E-state index in [2.05, 4.69) is 25.7 Å². The molecule has 0 aliphatic carbocycles. The van der Waals surface area contributed by atoms with Crippen LogP contribution in [0.3, 0.4) is 0 Å². The van der Waals surface area contributed by atoms with Crippen LogP contribution in [-0.4, -0.2) is 44.2 Å². The Morgan fingerprint density at radius 3 is 2.34 bits per heavy atom. The Kier molecular flexibility index (Phi) is 6.80. The number of halogens is 6. The van der Waals surface area contributed by atoms with Crippen LogP contribution >= 0.6 is 0 Å². The van der Waals surface area contributed by atoms with Gasteiger partial charge in [0, 0.05) is 23.6 Å². The summed E-state index contributed by atoms with van der Waals surface area (Å²) in [6.45, 7) is -1.56. The van der Waals surface area contributed by atoms with E-state index in [9.17, 15) is 35.9 Å². The Morgan fingerprint density at radius 1 is 0.974 bits per heavy atom. The lowest BCUT2D eigenvalue weighted by Gasteiger charge is -2.11. The third kappa shape index (κ3) is 5.91. The largest absolute Gasteiger partial charge is 0.416 e. The summed E-state index contributed by atoms with van der Waals surface area (Å²) in [5.41, 5.74) is 5.62. The van der Waals surface area contributed by atoms with Crippen LogP contribution in [0, 0.1) is 0 Å². The Morgan fingerprint density at radius 2 is 1.68 bits per heavy atom. The number of carbonyl (C=O) groups is 2. The zero-order valence-electron chi connectivity index (χ0n) is 18.9. The van der Waals surface area contributed by atoms with Crippen LogP contribution in [0.4, 0.5) is 48.5 Å². The number of nitrogens with one attached hydrogen (secondary N) is 3.